The van der Waals surface area contributed by atoms with E-state index in [0.29, 0.717) is 12.1 Å². The van der Waals surface area contributed by atoms with E-state index in [2.05, 4.69) is 41.0 Å². The molecule has 1 aliphatic rings. The van der Waals surface area contributed by atoms with Crippen LogP contribution in [0.5, 0.6) is 0 Å². The number of nitrogens with one attached hydrogen (secondary N) is 2. The smallest absolute Gasteiger partial charge is 0.227 e. The van der Waals surface area contributed by atoms with Crippen LogP contribution in [0.3, 0.4) is 0 Å². The fraction of sp³-hybridized carbons (Fsp3) is 0.308. The molecule has 0 spiro atoms. The molecule has 5 rings (SSSR count). The lowest BCUT2D eigenvalue weighted by molar-refractivity contribution is 0.0941. The van der Waals surface area contributed by atoms with E-state index in [0.717, 1.165) is 41.6 Å². The second-order valence-corrected chi connectivity index (χ2v) is 8.54. The molecule has 5 nitrogen and oxygen atoms in total. The molecule has 31 heavy (non-hydrogen) atoms. The van der Waals surface area contributed by atoms with Crippen LogP contribution in [0.1, 0.15) is 43.0 Å². The molecule has 0 aliphatic heterocycles. The summed E-state index contributed by atoms with van der Waals surface area (Å²) in [7, 11) is 0. The minimum absolute atomic E-state index is 0.0484. The van der Waals surface area contributed by atoms with Gasteiger partial charge in [0.15, 0.2) is 0 Å². The average Bonchev–Trinajstić information content (AvgIpc) is 3.17. The van der Waals surface area contributed by atoms with Crippen LogP contribution >= 0.6 is 0 Å². The number of para-hydroxylation sites is 2. The third-order valence-electron chi connectivity index (χ3n) is 6.34. The highest BCUT2D eigenvalue weighted by molar-refractivity contribution is 5.93. The molecule has 0 bridgehead atoms. The summed E-state index contributed by atoms with van der Waals surface area (Å²) in [6.07, 6.45) is 6.58. The Morgan fingerprint density at radius 3 is 2.74 bits per heavy atom. The van der Waals surface area contributed by atoms with E-state index in [1.165, 1.54) is 23.8 Å². The largest absolute Gasteiger partial charge is 0.367 e. The SMILES string of the molecule is CC(=O)n1cc(CNC2CCCC(Nc3ccc4ccccc4n3)C2)c2ccccc21. The van der Waals surface area contributed by atoms with Crippen molar-refractivity contribution in [3.63, 3.8) is 0 Å². The summed E-state index contributed by atoms with van der Waals surface area (Å²) in [6.45, 7) is 2.38. The molecule has 2 aromatic carbocycles. The average molecular weight is 413 g/mol. The first-order chi connectivity index (χ1) is 15.2. The molecule has 158 valence electrons. The van der Waals surface area contributed by atoms with Crippen molar-refractivity contribution in [1.29, 1.82) is 0 Å². The Balaban J connectivity index is 1.25. The fourth-order valence-corrected chi connectivity index (χ4v) is 4.77. The summed E-state index contributed by atoms with van der Waals surface area (Å²) < 4.78 is 1.75. The molecule has 2 N–H and O–H groups in total. The van der Waals surface area contributed by atoms with Gasteiger partial charge in [-0.2, -0.15) is 0 Å². The van der Waals surface area contributed by atoms with Gasteiger partial charge in [-0.25, -0.2) is 4.98 Å². The first kappa shape index (κ1) is 19.8. The van der Waals surface area contributed by atoms with Crippen molar-refractivity contribution in [2.45, 2.75) is 51.2 Å². The van der Waals surface area contributed by atoms with Crippen LogP contribution in [0.25, 0.3) is 21.8 Å². The van der Waals surface area contributed by atoms with Gasteiger partial charge in [-0.1, -0.05) is 36.4 Å². The predicted molar refractivity (Wildman–Crippen MR) is 126 cm³/mol. The fourth-order valence-electron chi connectivity index (χ4n) is 4.77. The summed E-state index contributed by atoms with van der Waals surface area (Å²) in [5, 5.41) is 9.71. The predicted octanol–water partition coefficient (Wildman–Crippen LogP) is 5.36. The van der Waals surface area contributed by atoms with Crippen molar-refractivity contribution >= 4 is 33.5 Å². The Kier molecular flexibility index (Phi) is 5.43. The van der Waals surface area contributed by atoms with Crippen molar-refractivity contribution in [1.82, 2.24) is 14.9 Å². The normalized spacial score (nSPS) is 19.0. The number of carbonyl (C=O) groups is 1. The maximum absolute atomic E-state index is 12.0. The van der Waals surface area contributed by atoms with Gasteiger partial charge in [0.05, 0.1) is 11.0 Å². The number of carbonyl (C=O) groups excluding carboxylic acids is 1. The molecule has 2 aromatic heterocycles. The molecule has 1 aliphatic carbocycles. The van der Waals surface area contributed by atoms with E-state index in [-0.39, 0.29) is 5.91 Å². The molecule has 1 saturated carbocycles. The lowest BCUT2D eigenvalue weighted by atomic mass is 9.90. The van der Waals surface area contributed by atoms with E-state index < -0.39 is 0 Å². The minimum Gasteiger partial charge on any atom is -0.367 e. The number of rotatable bonds is 5. The topological polar surface area (TPSA) is 59.0 Å². The lowest BCUT2D eigenvalue weighted by Gasteiger charge is -2.31. The number of pyridine rings is 1. The van der Waals surface area contributed by atoms with Crippen LogP contribution in [-0.2, 0) is 6.54 Å². The Bertz CT molecular complexity index is 1230. The van der Waals surface area contributed by atoms with Gasteiger partial charge >= 0.3 is 0 Å². The van der Waals surface area contributed by atoms with Crippen LogP contribution < -0.4 is 10.6 Å². The summed E-state index contributed by atoms with van der Waals surface area (Å²) in [5.74, 6) is 1.00. The first-order valence-corrected chi connectivity index (χ1v) is 11.1. The van der Waals surface area contributed by atoms with E-state index in [1.807, 2.05) is 36.5 Å². The number of benzene rings is 2. The molecule has 0 radical (unpaired) electrons. The van der Waals surface area contributed by atoms with Gasteiger partial charge in [-0.05, 0) is 55.5 Å². The maximum atomic E-state index is 12.0. The van der Waals surface area contributed by atoms with Gasteiger partial charge in [-0.3, -0.25) is 9.36 Å². The Morgan fingerprint density at radius 2 is 1.84 bits per heavy atom. The molecule has 4 aromatic rings. The number of fused-ring (bicyclic) bond motifs is 2. The van der Waals surface area contributed by atoms with E-state index in [4.69, 9.17) is 4.98 Å². The van der Waals surface area contributed by atoms with Crippen molar-refractivity contribution in [2.24, 2.45) is 0 Å². The highest BCUT2D eigenvalue weighted by Crippen LogP contribution is 2.25. The molecule has 5 heteroatoms. The third kappa shape index (κ3) is 4.19. The van der Waals surface area contributed by atoms with E-state index >= 15 is 0 Å². The zero-order valence-corrected chi connectivity index (χ0v) is 17.8. The summed E-state index contributed by atoms with van der Waals surface area (Å²) in [6, 6.07) is 21.4. The molecule has 2 heterocycles. The summed E-state index contributed by atoms with van der Waals surface area (Å²) in [4.78, 5) is 16.8. The highest BCUT2D eigenvalue weighted by Gasteiger charge is 2.22. The first-order valence-electron chi connectivity index (χ1n) is 11.1. The van der Waals surface area contributed by atoms with Crippen LogP contribution in [0.15, 0.2) is 66.9 Å². The molecular weight excluding hydrogens is 384 g/mol. The van der Waals surface area contributed by atoms with Gasteiger partial charge in [0.25, 0.3) is 0 Å². The summed E-state index contributed by atoms with van der Waals surface area (Å²) >= 11 is 0. The number of aromatic nitrogens is 2. The van der Waals surface area contributed by atoms with Crippen molar-refractivity contribution in [2.75, 3.05) is 5.32 Å². The van der Waals surface area contributed by atoms with Gasteiger partial charge in [-0.15, -0.1) is 0 Å². The molecule has 0 amide bonds. The minimum atomic E-state index is 0.0484. The Hall–Kier alpha value is -3.18. The maximum Gasteiger partial charge on any atom is 0.227 e. The molecule has 1 fully saturated rings. The van der Waals surface area contributed by atoms with Gasteiger partial charge < -0.3 is 10.6 Å². The zero-order chi connectivity index (χ0) is 21.2. The van der Waals surface area contributed by atoms with E-state index in [9.17, 15) is 4.79 Å². The molecule has 2 atom stereocenters. The monoisotopic (exact) mass is 412 g/mol. The number of hydrogen-bond acceptors (Lipinski definition) is 4. The third-order valence-corrected chi connectivity index (χ3v) is 6.34. The van der Waals surface area contributed by atoms with Crippen LogP contribution in [0.2, 0.25) is 0 Å². The van der Waals surface area contributed by atoms with Gasteiger partial charge in [0.2, 0.25) is 5.91 Å². The van der Waals surface area contributed by atoms with Crippen molar-refractivity contribution in [3.8, 4) is 0 Å². The van der Waals surface area contributed by atoms with Crippen molar-refractivity contribution in [3.05, 3.63) is 72.4 Å². The Labute approximate surface area is 182 Å². The number of nitrogens with zero attached hydrogens (tertiary/aromatic N) is 2. The van der Waals surface area contributed by atoms with Gasteiger partial charge in [0, 0.05) is 42.5 Å². The van der Waals surface area contributed by atoms with Crippen molar-refractivity contribution < 1.29 is 4.79 Å². The zero-order valence-electron chi connectivity index (χ0n) is 17.8. The molecular formula is C26H28N4O. The Morgan fingerprint density at radius 1 is 1.03 bits per heavy atom. The van der Waals surface area contributed by atoms with Crippen LogP contribution in [-0.4, -0.2) is 27.5 Å². The van der Waals surface area contributed by atoms with E-state index in [1.54, 1.807) is 11.5 Å². The second-order valence-electron chi connectivity index (χ2n) is 8.54. The quantitative estimate of drug-likeness (QED) is 0.463. The standard InChI is InChI=1S/C26H28N4O/c1-18(31)30-17-20(23-10-3-5-12-25(23)30)16-27-21-8-6-9-22(15-21)28-26-14-13-19-7-2-4-11-24(19)29-26/h2-5,7,10-14,17,21-22,27H,6,8-9,15-16H2,1H3,(H,28,29). The van der Waals surface area contributed by atoms with Crippen LogP contribution in [0, 0.1) is 0 Å². The van der Waals surface area contributed by atoms with Gasteiger partial charge in [0.1, 0.15) is 5.82 Å². The lowest BCUT2D eigenvalue weighted by Crippen LogP contribution is -2.38. The number of hydrogen-bond donors (Lipinski definition) is 2. The number of anilines is 1. The molecule has 0 saturated heterocycles. The van der Waals surface area contributed by atoms with Crippen LogP contribution in [0.4, 0.5) is 5.82 Å². The second kappa shape index (κ2) is 8.52. The highest BCUT2D eigenvalue weighted by atomic mass is 16.1. The molecule has 2 unspecified atom stereocenters. The summed E-state index contributed by atoms with van der Waals surface area (Å²) in [5.41, 5.74) is 3.19.